The van der Waals surface area contributed by atoms with Crippen molar-refractivity contribution in [2.45, 2.75) is 13.0 Å². The monoisotopic (exact) mass is 273 g/mol. The largest absolute Gasteiger partial charge is 0.469 e. The zero-order valence-corrected chi connectivity index (χ0v) is 11.1. The SMILES string of the molecule is COC(=O)Cc1ccc(Oc2cccc(CO)n2)cc1. The minimum Gasteiger partial charge on any atom is -0.469 e. The standard InChI is InChI=1S/C15H15NO4/c1-19-15(18)9-11-5-7-13(8-6-11)20-14-4-2-3-12(10-17)16-14/h2-8,17H,9-10H2,1H3. The van der Waals surface area contributed by atoms with Gasteiger partial charge < -0.3 is 14.6 Å². The van der Waals surface area contributed by atoms with E-state index >= 15 is 0 Å². The molecule has 0 aliphatic carbocycles. The minimum absolute atomic E-state index is 0.130. The van der Waals surface area contributed by atoms with Crippen LogP contribution in [0.3, 0.4) is 0 Å². The van der Waals surface area contributed by atoms with Crippen molar-refractivity contribution in [3.8, 4) is 11.6 Å². The number of aromatic nitrogens is 1. The molecule has 0 unspecified atom stereocenters. The number of hydrogen-bond donors (Lipinski definition) is 1. The quantitative estimate of drug-likeness (QED) is 0.845. The summed E-state index contributed by atoms with van der Waals surface area (Å²) in [5.74, 6) is 0.745. The molecule has 1 aromatic heterocycles. The Hall–Kier alpha value is -2.40. The molecule has 1 N–H and O–H groups in total. The van der Waals surface area contributed by atoms with Gasteiger partial charge in [0, 0.05) is 6.07 Å². The van der Waals surface area contributed by atoms with Gasteiger partial charge in [0.25, 0.3) is 0 Å². The molecule has 0 bridgehead atoms. The maximum absolute atomic E-state index is 11.1. The van der Waals surface area contributed by atoms with Crippen LogP contribution in [0.1, 0.15) is 11.3 Å². The molecule has 104 valence electrons. The van der Waals surface area contributed by atoms with Gasteiger partial charge in [0.1, 0.15) is 5.75 Å². The van der Waals surface area contributed by atoms with Gasteiger partial charge in [0.15, 0.2) is 0 Å². The van der Waals surface area contributed by atoms with Gasteiger partial charge in [-0.2, -0.15) is 0 Å². The van der Waals surface area contributed by atoms with E-state index in [1.807, 2.05) is 0 Å². The lowest BCUT2D eigenvalue weighted by atomic mass is 10.1. The highest BCUT2D eigenvalue weighted by atomic mass is 16.5. The summed E-state index contributed by atoms with van der Waals surface area (Å²) in [4.78, 5) is 15.3. The van der Waals surface area contributed by atoms with Crippen molar-refractivity contribution < 1.29 is 19.4 Å². The number of methoxy groups -OCH3 is 1. The van der Waals surface area contributed by atoms with Crippen molar-refractivity contribution in [2.24, 2.45) is 0 Å². The molecule has 0 saturated carbocycles. The number of hydrogen-bond acceptors (Lipinski definition) is 5. The van der Waals surface area contributed by atoms with Crippen molar-refractivity contribution >= 4 is 5.97 Å². The van der Waals surface area contributed by atoms with Crippen molar-refractivity contribution in [1.82, 2.24) is 4.98 Å². The van der Waals surface area contributed by atoms with E-state index in [4.69, 9.17) is 9.84 Å². The van der Waals surface area contributed by atoms with E-state index < -0.39 is 0 Å². The zero-order chi connectivity index (χ0) is 14.4. The first-order chi connectivity index (χ1) is 9.71. The number of pyridine rings is 1. The van der Waals surface area contributed by atoms with Crippen LogP contribution in [0, 0.1) is 0 Å². The summed E-state index contributed by atoms with van der Waals surface area (Å²) in [7, 11) is 1.36. The molecule has 5 heteroatoms. The van der Waals surface area contributed by atoms with E-state index in [1.165, 1.54) is 7.11 Å². The van der Waals surface area contributed by atoms with E-state index in [0.29, 0.717) is 17.3 Å². The number of rotatable bonds is 5. The Balaban J connectivity index is 2.04. The molecule has 0 fully saturated rings. The molecule has 2 aromatic rings. The van der Waals surface area contributed by atoms with Crippen LogP contribution in [0.5, 0.6) is 11.6 Å². The van der Waals surface area contributed by atoms with Gasteiger partial charge in [0.05, 0.1) is 25.8 Å². The predicted molar refractivity (Wildman–Crippen MR) is 72.4 cm³/mol. The Morgan fingerprint density at radius 2 is 1.95 bits per heavy atom. The molecule has 5 nitrogen and oxygen atoms in total. The second-order valence-electron chi connectivity index (χ2n) is 4.12. The van der Waals surface area contributed by atoms with Crippen molar-refractivity contribution in [3.63, 3.8) is 0 Å². The van der Waals surface area contributed by atoms with Crippen LogP contribution in [-0.2, 0) is 22.6 Å². The third-order valence-corrected chi connectivity index (χ3v) is 2.67. The molecule has 0 aliphatic rings. The minimum atomic E-state index is -0.281. The molecule has 0 aliphatic heterocycles. The summed E-state index contributed by atoms with van der Waals surface area (Å²) in [6.07, 6.45) is 0.231. The first kappa shape index (κ1) is 14.0. The van der Waals surface area contributed by atoms with Crippen LogP contribution >= 0.6 is 0 Å². The fourth-order valence-corrected chi connectivity index (χ4v) is 1.64. The Morgan fingerprint density at radius 1 is 1.20 bits per heavy atom. The summed E-state index contributed by atoms with van der Waals surface area (Å²) >= 11 is 0. The Bertz CT molecular complexity index is 581. The third-order valence-electron chi connectivity index (χ3n) is 2.67. The second-order valence-corrected chi connectivity index (χ2v) is 4.12. The number of esters is 1. The number of carbonyl (C=O) groups excluding carboxylic acids is 1. The van der Waals surface area contributed by atoms with E-state index in [1.54, 1.807) is 42.5 Å². The molecule has 0 radical (unpaired) electrons. The Labute approximate surface area is 116 Å². The van der Waals surface area contributed by atoms with Gasteiger partial charge in [-0.3, -0.25) is 4.79 Å². The third kappa shape index (κ3) is 3.80. The number of benzene rings is 1. The normalized spacial score (nSPS) is 10.1. The molecule has 2 rings (SSSR count). The van der Waals surface area contributed by atoms with Crippen LogP contribution < -0.4 is 4.74 Å². The summed E-state index contributed by atoms with van der Waals surface area (Å²) in [5, 5.41) is 9.01. The highest BCUT2D eigenvalue weighted by Crippen LogP contribution is 2.20. The van der Waals surface area contributed by atoms with Crippen LogP contribution in [0.15, 0.2) is 42.5 Å². The zero-order valence-electron chi connectivity index (χ0n) is 11.1. The van der Waals surface area contributed by atoms with Gasteiger partial charge in [0.2, 0.25) is 5.88 Å². The Kier molecular flexibility index (Phi) is 4.68. The van der Waals surface area contributed by atoms with Gasteiger partial charge in [-0.1, -0.05) is 18.2 Å². The molecule has 20 heavy (non-hydrogen) atoms. The maximum Gasteiger partial charge on any atom is 0.309 e. The molecule has 1 aromatic carbocycles. The summed E-state index contributed by atoms with van der Waals surface area (Å²) in [5.41, 5.74) is 1.39. The molecular weight excluding hydrogens is 258 g/mol. The van der Waals surface area contributed by atoms with Gasteiger partial charge in [-0.15, -0.1) is 0 Å². The first-order valence-electron chi connectivity index (χ1n) is 6.11. The Morgan fingerprint density at radius 3 is 2.60 bits per heavy atom. The topological polar surface area (TPSA) is 68.7 Å². The average molecular weight is 273 g/mol. The number of aliphatic hydroxyl groups excluding tert-OH is 1. The molecule has 0 saturated heterocycles. The van der Waals surface area contributed by atoms with Gasteiger partial charge >= 0.3 is 5.97 Å². The summed E-state index contributed by atoms with van der Waals surface area (Å²) < 4.78 is 10.2. The summed E-state index contributed by atoms with van der Waals surface area (Å²) in [6, 6.07) is 12.3. The highest BCUT2D eigenvalue weighted by molar-refractivity contribution is 5.72. The fourth-order valence-electron chi connectivity index (χ4n) is 1.64. The fraction of sp³-hybridized carbons (Fsp3) is 0.200. The van der Waals surface area contributed by atoms with Crippen LogP contribution in [0.2, 0.25) is 0 Å². The van der Waals surface area contributed by atoms with Gasteiger partial charge in [-0.05, 0) is 23.8 Å². The highest BCUT2D eigenvalue weighted by Gasteiger charge is 2.04. The number of ether oxygens (including phenoxy) is 2. The molecule has 0 amide bonds. The lowest BCUT2D eigenvalue weighted by molar-refractivity contribution is -0.139. The molecule has 0 atom stereocenters. The number of carbonyl (C=O) groups is 1. The van der Waals surface area contributed by atoms with Crippen molar-refractivity contribution in [1.29, 1.82) is 0 Å². The van der Waals surface area contributed by atoms with Crippen LogP contribution in [-0.4, -0.2) is 23.2 Å². The van der Waals surface area contributed by atoms with E-state index in [-0.39, 0.29) is 19.0 Å². The van der Waals surface area contributed by atoms with E-state index in [0.717, 1.165) is 5.56 Å². The lowest BCUT2D eigenvalue weighted by Crippen LogP contribution is -2.04. The smallest absolute Gasteiger partial charge is 0.309 e. The van der Waals surface area contributed by atoms with Crippen molar-refractivity contribution in [3.05, 3.63) is 53.7 Å². The first-order valence-corrected chi connectivity index (χ1v) is 6.11. The average Bonchev–Trinajstić information content (AvgIpc) is 2.49. The van der Waals surface area contributed by atoms with Gasteiger partial charge in [-0.25, -0.2) is 4.98 Å². The molecular formula is C15H15NO4. The van der Waals surface area contributed by atoms with Crippen LogP contribution in [0.4, 0.5) is 0 Å². The van der Waals surface area contributed by atoms with E-state index in [9.17, 15) is 4.79 Å². The van der Waals surface area contributed by atoms with Crippen LogP contribution in [0.25, 0.3) is 0 Å². The number of nitrogens with zero attached hydrogens (tertiary/aromatic N) is 1. The molecule has 1 heterocycles. The second kappa shape index (κ2) is 6.68. The lowest BCUT2D eigenvalue weighted by Gasteiger charge is -2.06. The van der Waals surface area contributed by atoms with Crippen molar-refractivity contribution in [2.75, 3.05) is 7.11 Å². The van der Waals surface area contributed by atoms with E-state index in [2.05, 4.69) is 9.72 Å². The maximum atomic E-state index is 11.1. The predicted octanol–water partition coefficient (Wildman–Crippen LogP) is 2.08. The molecule has 0 spiro atoms. The summed E-state index contributed by atoms with van der Waals surface area (Å²) in [6.45, 7) is -0.130. The number of aliphatic hydroxyl groups is 1.